The molecule has 2 N–H and O–H groups in total. The van der Waals surface area contributed by atoms with Crippen molar-refractivity contribution >= 4 is 11.9 Å². The van der Waals surface area contributed by atoms with Gasteiger partial charge in [-0.15, -0.1) is 0 Å². The van der Waals surface area contributed by atoms with Crippen LogP contribution in [0.3, 0.4) is 0 Å². The van der Waals surface area contributed by atoms with E-state index in [0.29, 0.717) is 6.61 Å². The number of carbonyl (C=O) groups is 2. The highest BCUT2D eigenvalue weighted by Crippen LogP contribution is 2.05. The van der Waals surface area contributed by atoms with E-state index in [1.807, 2.05) is 0 Å². The summed E-state index contributed by atoms with van der Waals surface area (Å²) in [4.78, 5) is 21.8. The number of carbonyl (C=O) groups excluding carboxylic acids is 1. The number of hydrogen-bond donors (Lipinski definition) is 2. The Morgan fingerprint density at radius 3 is 2.36 bits per heavy atom. The fourth-order valence-electron chi connectivity index (χ4n) is 0.951. The van der Waals surface area contributed by atoms with Crippen molar-refractivity contribution in [3.8, 4) is 0 Å². The Balaban J connectivity index is 4.24. The topological polar surface area (TPSA) is 75.6 Å². The Morgan fingerprint density at radius 1 is 1.50 bits per heavy atom. The molecule has 0 radical (unpaired) electrons. The van der Waals surface area contributed by atoms with E-state index < -0.39 is 23.3 Å². The summed E-state index contributed by atoms with van der Waals surface area (Å²) in [6.07, 6.45) is 0. The van der Waals surface area contributed by atoms with Crippen LogP contribution in [0.4, 0.5) is 0 Å². The minimum atomic E-state index is -1.13. The summed E-state index contributed by atoms with van der Waals surface area (Å²) in [5.74, 6) is -2.67. The summed E-state index contributed by atoms with van der Waals surface area (Å²) in [6, 6.07) is 0. The molecule has 0 aromatic rings. The zero-order valence-corrected chi connectivity index (χ0v) is 8.96. The number of amides is 1. The molecule has 0 saturated heterocycles. The molecule has 14 heavy (non-hydrogen) atoms. The smallest absolute Gasteiger partial charge is 0.315 e. The largest absolute Gasteiger partial charge is 0.481 e. The maximum absolute atomic E-state index is 11.3. The number of carboxylic acid groups (broad SMARTS) is 1. The third-order valence-electron chi connectivity index (χ3n) is 1.73. The van der Waals surface area contributed by atoms with E-state index in [1.54, 1.807) is 13.8 Å². The van der Waals surface area contributed by atoms with Crippen LogP contribution < -0.4 is 5.32 Å². The molecule has 0 aromatic carbocycles. The van der Waals surface area contributed by atoms with Crippen molar-refractivity contribution in [3.63, 3.8) is 0 Å². The quantitative estimate of drug-likeness (QED) is 0.628. The molecule has 1 amide bonds. The molecule has 0 aliphatic heterocycles. The second-order valence-electron chi connectivity index (χ2n) is 3.87. The van der Waals surface area contributed by atoms with Crippen molar-refractivity contribution in [1.29, 1.82) is 0 Å². The number of methoxy groups -OCH3 is 1. The number of rotatable bonds is 5. The maximum atomic E-state index is 11.3. The van der Waals surface area contributed by atoms with Gasteiger partial charge in [0.25, 0.3) is 0 Å². The van der Waals surface area contributed by atoms with Crippen molar-refractivity contribution in [1.82, 2.24) is 5.32 Å². The third kappa shape index (κ3) is 4.23. The lowest BCUT2D eigenvalue weighted by Crippen LogP contribution is -2.49. The van der Waals surface area contributed by atoms with Gasteiger partial charge in [-0.05, 0) is 20.8 Å². The first-order valence-corrected chi connectivity index (χ1v) is 4.34. The van der Waals surface area contributed by atoms with Crippen LogP contribution in [0.2, 0.25) is 0 Å². The van der Waals surface area contributed by atoms with Gasteiger partial charge in [-0.25, -0.2) is 0 Å². The van der Waals surface area contributed by atoms with Gasteiger partial charge in [0.1, 0.15) is 5.92 Å². The SMILES string of the molecule is COCC(C)(C)NC(=O)C(C)C(=O)O. The van der Waals surface area contributed by atoms with E-state index in [2.05, 4.69) is 5.32 Å². The standard InChI is InChI=1S/C9H17NO4/c1-6(8(12)13)7(11)10-9(2,3)5-14-4/h6H,5H2,1-4H3,(H,10,11)(H,12,13). The highest BCUT2D eigenvalue weighted by Gasteiger charge is 2.26. The lowest BCUT2D eigenvalue weighted by Gasteiger charge is -2.26. The molecule has 1 atom stereocenters. The van der Waals surface area contributed by atoms with Gasteiger partial charge in [-0.1, -0.05) is 0 Å². The average molecular weight is 203 g/mol. The van der Waals surface area contributed by atoms with Gasteiger partial charge in [-0.2, -0.15) is 0 Å². The maximum Gasteiger partial charge on any atom is 0.315 e. The molecule has 0 heterocycles. The van der Waals surface area contributed by atoms with Crippen LogP contribution in [0.1, 0.15) is 20.8 Å². The Morgan fingerprint density at radius 2 is 2.00 bits per heavy atom. The third-order valence-corrected chi connectivity index (χ3v) is 1.73. The van der Waals surface area contributed by atoms with E-state index in [9.17, 15) is 9.59 Å². The molecule has 1 unspecified atom stereocenters. The second-order valence-corrected chi connectivity index (χ2v) is 3.87. The van der Waals surface area contributed by atoms with E-state index in [1.165, 1.54) is 14.0 Å². The van der Waals surface area contributed by atoms with Crippen LogP contribution >= 0.6 is 0 Å². The lowest BCUT2D eigenvalue weighted by molar-refractivity contribution is -0.146. The van der Waals surface area contributed by atoms with Gasteiger partial charge in [0, 0.05) is 7.11 Å². The van der Waals surface area contributed by atoms with Crippen LogP contribution in [-0.4, -0.2) is 36.2 Å². The molecule has 82 valence electrons. The minimum absolute atomic E-state index is 0.338. The molecule has 0 rings (SSSR count). The van der Waals surface area contributed by atoms with Gasteiger partial charge in [0.2, 0.25) is 5.91 Å². The zero-order valence-electron chi connectivity index (χ0n) is 8.96. The number of carboxylic acids is 1. The first-order chi connectivity index (χ1) is 6.30. The van der Waals surface area contributed by atoms with Gasteiger partial charge in [-0.3, -0.25) is 9.59 Å². The van der Waals surface area contributed by atoms with Crippen LogP contribution in [0.25, 0.3) is 0 Å². The molecule has 0 spiro atoms. The molecular formula is C9H17NO4. The van der Waals surface area contributed by atoms with Crippen LogP contribution in [0.5, 0.6) is 0 Å². The summed E-state index contributed by atoms with van der Waals surface area (Å²) < 4.78 is 4.89. The molecule has 5 nitrogen and oxygen atoms in total. The van der Waals surface area contributed by atoms with E-state index in [4.69, 9.17) is 9.84 Å². The Bertz CT molecular complexity index is 225. The molecule has 0 bridgehead atoms. The molecule has 0 fully saturated rings. The van der Waals surface area contributed by atoms with Crippen LogP contribution in [0, 0.1) is 5.92 Å². The highest BCUT2D eigenvalue weighted by molar-refractivity contribution is 5.96. The summed E-state index contributed by atoms with van der Waals surface area (Å²) in [7, 11) is 1.52. The van der Waals surface area contributed by atoms with E-state index >= 15 is 0 Å². The molecular weight excluding hydrogens is 186 g/mol. The first-order valence-electron chi connectivity index (χ1n) is 4.34. The van der Waals surface area contributed by atoms with Crippen molar-refractivity contribution in [2.75, 3.05) is 13.7 Å². The predicted molar refractivity (Wildman–Crippen MR) is 50.9 cm³/mol. The normalized spacial score (nSPS) is 13.4. The molecule has 5 heteroatoms. The lowest BCUT2D eigenvalue weighted by atomic mass is 10.0. The number of ether oxygens (including phenoxy) is 1. The van der Waals surface area contributed by atoms with Gasteiger partial charge < -0.3 is 15.2 Å². The molecule has 0 saturated carbocycles. The Labute approximate surface area is 83.4 Å². The van der Waals surface area contributed by atoms with Crippen LogP contribution in [0.15, 0.2) is 0 Å². The predicted octanol–water partition coefficient (Wildman–Crippen LogP) is 0.248. The zero-order chi connectivity index (χ0) is 11.4. The van der Waals surface area contributed by atoms with Gasteiger partial charge in [0.05, 0.1) is 12.1 Å². The van der Waals surface area contributed by atoms with E-state index in [-0.39, 0.29) is 0 Å². The van der Waals surface area contributed by atoms with Crippen molar-refractivity contribution in [2.24, 2.45) is 5.92 Å². The van der Waals surface area contributed by atoms with Gasteiger partial charge >= 0.3 is 5.97 Å². The Kier molecular flexibility index (Phi) is 4.56. The first kappa shape index (κ1) is 12.9. The molecule has 0 aliphatic carbocycles. The van der Waals surface area contributed by atoms with Gasteiger partial charge in [0.15, 0.2) is 0 Å². The van der Waals surface area contributed by atoms with Crippen molar-refractivity contribution in [3.05, 3.63) is 0 Å². The summed E-state index contributed by atoms with van der Waals surface area (Å²) in [5.41, 5.74) is -0.546. The second kappa shape index (κ2) is 4.95. The monoisotopic (exact) mass is 203 g/mol. The van der Waals surface area contributed by atoms with Crippen molar-refractivity contribution in [2.45, 2.75) is 26.3 Å². The molecule has 0 aromatic heterocycles. The average Bonchev–Trinajstić information content (AvgIpc) is 2.01. The summed E-state index contributed by atoms with van der Waals surface area (Å²) in [5, 5.41) is 11.2. The number of nitrogens with one attached hydrogen (secondary N) is 1. The fraction of sp³-hybridized carbons (Fsp3) is 0.778. The van der Waals surface area contributed by atoms with E-state index in [0.717, 1.165) is 0 Å². The number of hydrogen-bond acceptors (Lipinski definition) is 3. The molecule has 0 aliphatic rings. The minimum Gasteiger partial charge on any atom is -0.481 e. The van der Waals surface area contributed by atoms with Crippen molar-refractivity contribution < 1.29 is 19.4 Å². The highest BCUT2D eigenvalue weighted by atomic mass is 16.5. The summed E-state index contributed by atoms with van der Waals surface area (Å²) in [6.45, 7) is 5.22. The number of aliphatic carboxylic acids is 1. The Hall–Kier alpha value is -1.10. The fourth-order valence-corrected chi connectivity index (χ4v) is 0.951. The summed E-state index contributed by atoms with van der Waals surface area (Å²) >= 11 is 0. The van der Waals surface area contributed by atoms with Crippen LogP contribution in [-0.2, 0) is 14.3 Å².